The Morgan fingerprint density at radius 3 is 1.26 bits per heavy atom. The van der Waals surface area contributed by atoms with E-state index < -0.39 is 75.7 Å². The lowest BCUT2D eigenvalue weighted by Crippen LogP contribution is -2.64. The summed E-state index contributed by atoms with van der Waals surface area (Å²) in [5.41, 5.74) is 0. The summed E-state index contributed by atoms with van der Waals surface area (Å²) < 4.78 is 33.7. The van der Waals surface area contributed by atoms with Gasteiger partial charge in [-0.15, -0.1) is 0 Å². The van der Waals surface area contributed by atoms with Gasteiger partial charge in [0.15, 0.2) is 6.10 Å². The Bertz CT molecular complexity index is 1250. The fourth-order valence-electron chi connectivity index (χ4n) is 8.26. The molecule has 0 aliphatic heterocycles. The molecule has 6 N–H and O–H groups in total. The van der Waals surface area contributed by atoms with Crippen LogP contribution in [0.4, 0.5) is 0 Å². The summed E-state index contributed by atoms with van der Waals surface area (Å²) in [6, 6.07) is 0. The van der Waals surface area contributed by atoms with E-state index in [0.29, 0.717) is 12.8 Å². The largest absolute Gasteiger partial charge is 0.472 e. The van der Waals surface area contributed by atoms with Crippen LogP contribution in [0, 0.1) is 0 Å². The Hall–Kier alpha value is -1.67. The number of hydrogen-bond donors (Lipinski definition) is 6. The molecule has 1 aliphatic carbocycles. The molecule has 388 valence electrons. The van der Waals surface area contributed by atoms with Gasteiger partial charge in [0.2, 0.25) is 0 Å². The number of rotatable bonds is 45. The molecule has 0 bridgehead atoms. The number of esters is 2. The molecule has 0 heterocycles. The van der Waals surface area contributed by atoms with Crippen LogP contribution in [0.1, 0.15) is 239 Å². The minimum Gasteiger partial charge on any atom is -0.462 e. The van der Waals surface area contributed by atoms with Crippen LogP contribution in [0.2, 0.25) is 0 Å². The van der Waals surface area contributed by atoms with Gasteiger partial charge in [0.25, 0.3) is 0 Å². The van der Waals surface area contributed by atoms with Crippen LogP contribution in [-0.2, 0) is 32.7 Å². The van der Waals surface area contributed by atoms with Crippen LogP contribution in [0.5, 0.6) is 0 Å². The summed E-state index contributed by atoms with van der Waals surface area (Å²) in [4.78, 5) is 35.9. The molecule has 14 heteroatoms. The summed E-state index contributed by atoms with van der Waals surface area (Å²) >= 11 is 0. The first-order valence-electron chi connectivity index (χ1n) is 26.6. The van der Waals surface area contributed by atoms with E-state index in [9.17, 15) is 44.6 Å². The predicted octanol–water partition coefficient (Wildman–Crippen LogP) is 11.6. The number of unbranched alkanes of at least 4 members (excludes halogenated alkanes) is 29. The summed E-state index contributed by atoms with van der Waals surface area (Å²) in [7, 11) is -5.12. The zero-order valence-electron chi connectivity index (χ0n) is 41.5. The quantitative estimate of drug-likeness (QED) is 0.0145. The van der Waals surface area contributed by atoms with E-state index in [-0.39, 0.29) is 12.8 Å². The third-order valence-electron chi connectivity index (χ3n) is 12.5. The highest BCUT2D eigenvalue weighted by Crippen LogP contribution is 2.47. The number of allylic oxidation sites excluding steroid dienone is 4. The lowest BCUT2D eigenvalue weighted by atomic mass is 9.85. The van der Waals surface area contributed by atoms with Crippen LogP contribution in [0.3, 0.4) is 0 Å². The van der Waals surface area contributed by atoms with Gasteiger partial charge in [-0.3, -0.25) is 18.6 Å². The van der Waals surface area contributed by atoms with Gasteiger partial charge in [0.05, 0.1) is 6.61 Å². The number of aliphatic hydroxyl groups is 5. The fraction of sp³-hybridized carbons (Fsp3) is 0.885. The van der Waals surface area contributed by atoms with Gasteiger partial charge in [-0.25, -0.2) is 4.57 Å². The van der Waals surface area contributed by atoms with Gasteiger partial charge in [-0.1, -0.05) is 205 Å². The van der Waals surface area contributed by atoms with E-state index in [2.05, 4.69) is 38.2 Å². The molecule has 0 aromatic carbocycles. The maximum absolute atomic E-state index is 12.9. The third kappa shape index (κ3) is 33.8. The van der Waals surface area contributed by atoms with E-state index in [4.69, 9.17) is 18.5 Å². The maximum Gasteiger partial charge on any atom is 0.472 e. The van der Waals surface area contributed by atoms with Crippen molar-refractivity contribution in [2.45, 2.75) is 281 Å². The Morgan fingerprint density at radius 1 is 0.470 bits per heavy atom. The number of carbonyl (C=O) groups is 2. The van der Waals surface area contributed by atoms with Crippen molar-refractivity contribution in [3.8, 4) is 0 Å². The lowest BCUT2D eigenvalue weighted by Gasteiger charge is -2.41. The van der Waals surface area contributed by atoms with Crippen molar-refractivity contribution in [3.05, 3.63) is 24.3 Å². The number of aliphatic hydroxyl groups excluding tert-OH is 5. The number of ether oxygens (including phenoxy) is 2. The highest BCUT2D eigenvalue weighted by atomic mass is 31.2. The molecule has 66 heavy (non-hydrogen) atoms. The van der Waals surface area contributed by atoms with E-state index in [1.54, 1.807) is 0 Å². The Labute approximate surface area is 400 Å². The average Bonchev–Trinajstić information content (AvgIpc) is 3.30. The van der Waals surface area contributed by atoms with E-state index >= 15 is 0 Å². The summed E-state index contributed by atoms with van der Waals surface area (Å²) in [6.45, 7) is 3.32. The van der Waals surface area contributed by atoms with Crippen LogP contribution < -0.4 is 0 Å². The Balaban J connectivity index is 2.37. The molecule has 0 saturated heterocycles. The predicted molar refractivity (Wildman–Crippen MR) is 263 cm³/mol. The van der Waals surface area contributed by atoms with Gasteiger partial charge in [-0.2, -0.15) is 0 Å². The van der Waals surface area contributed by atoms with Crippen LogP contribution in [0.15, 0.2) is 24.3 Å². The third-order valence-corrected chi connectivity index (χ3v) is 13.5. The van der Waals surface area contributed by atoms with Crippen molar-refractivity contribution in [3.63, 3.8) is 0 Å². The van der Waals surface area contributed by atoms with Gasteiger partial charge in [0.1, 0.15) is 43.2 Å². The molecule has 0 radical (unpaired) electrons. The summed E-state index contributed by atoms with van der Waals surface area (Å²) in [5, 5.41) is 50.3. The monoisotopic (exact) mass is 961 g/mol. The van der Waals surface area contributed by atoms with Crippen molar-refractivity contribution in [1.29, 1.82) is 0 Å². The molecule has 13 nitrogen and oxygen atoms in total. The van der Waals surface area contributed by atoms with Crippen molar-refractivity contribution in [2.24, 2.45) is 0 Å². The van der Waals surface area contributed by atoms with Gasteiger partial charge in [-0.05, 0) is 44.9 Å². The van der Waals surface area contributed by atoms with E-state index in [0.717, 1.165) is 57.8 Å². The molecule has 1 fully saturated rings. The molecule has 1 saturated carbocycles. The van der Waals surface area contributed by atoms with E-state index in [1.165, 1.54) is 141 Å². The summed E-state index contributed by atoms with van der Waals surface area (Å²) in [5.74, 6) is -1.09. The Morgan fingerprint density at radius 2 is 0.818 bits per heavy atom. The second kappa shape index (κ2) is 42.2. The average molecular weight is 961 g/mol. The molecule has 1 rings (SSSR count). The molecule has 0 spiro atoms. The van der Waals surface area contributed by atoms with Gasteiger partial charge >= 0.3 is 19.8 Å². The second-order valence-electron chi connectivity index (χ2n) is 18.7. The number of phosphoric ester groups is 1. The van der Waals surface area contributed by atoms with Crippen molar-refractivity contribution in [1.82, 2.24) is 0 Å². The zero-order valence-corrected chi connectivity index (χ0v) is 42.4. The normalized spacial score (nSPS) is 21.4. The second-order valence-corrected chi connectivity index (χ2v) is 20.1. The van der Waals surface area contributed by atoms with Crippen molar-refractivity contribution >= 4 is 19.8 Å². The van der Waals surface area contributed by atoms with Crippen molar-refractivity contribution < 1.29 is 63.1 Å². The highest BCUT2D eigenvalue weighted by Gasteiger charge is 2.51. The molecule has 0 amide bonds. The number of carbonyl (C=O) groups excluding carboxylic acids is 2. The van der Waals surface area contributed by atoms with Gasteiger partial charge < -0.3 is 39.9 Å². The van der Waals surface area contributed by atoms with E-state index in [1.807, 2.05) is 0 Å². The molecular weight excluding hydrogens is 864 g/mol. The zero-order chi connectivity index (χ0) is 48.5. The molecular formula is C52H97O13P. The number of phosphoric acid groups is 1. The lowest BCUT2D eigenvalue weighted by molar-refractivity contribution is -0.220. The maximum atomic E-state index is 12.9. The fourth-order valence-corrected chi connectivity index (χ4v) is 9.23. The Kier molecular flexibility index (Phi) is 39.9. The molecule has 8 atom stereocenters. The highest BCUT2D eigenvalue weighted by molar-refractivity contribution is 7.47. The number of hydrogen-bond acceptors (Lipinski definition) is 12. The minimum absolute atomic E-state index is 0.101. The molecule has 0 aromatic heterocycles. The molecule has 1 aliphatic rings. The summed E-state index contributed by atoms with van der Waals surface area (Å²) in [6.07, 6.45) is 35.0. The smallest absolute Gasteiger partial charge is 0.462 e. The first-order valence-corrected chi connectivity index (χ1v) is 28.1. The first kappa shape index (κ1) is 62.3. The van der Waals surface area contributed by atoms with Crippen LogP contribution in [0.25, 0.3) is 0 Å². The topological polar surface area (TPSA) is 210 Å². The standard InChI is InChI=1S/C52H97O13P/c1-3-5-7-9-11-13-15-17-19-21-23-25-26-28-30-32-34-36-38-40-45(53)62-42-44(43-63-66(60,61)65-52-50(58)48(56)47(55)49(57)51(52)59)64-46(54)41-39-37-35-33-31-29-27-24-22-20-18-16-14-12-10-8-6-4-2/h11,13,17,19,44,47-52,55-59H,3-10,12,14-16,18,20-43H2,1-2H3,(H,60,61)/b13-11-,19-17-/t44-,47?,48-,49?,50?,51?,52?/m1/s1. The van der Waals surface area contributed by atoms with Crippen molar-refractivity contribution in [2.75, 3.05) is 13.2 Å². The molecule has 6 unspecified atom stereocenters. The first-order chi connectivity index (χ1) is 31.9. The van der Waals surface area contributed by atoms with Crippen LogP contribution >= 0.6 is 7.82 Å². The minimum atomic E-state index is -5.12. The van der Waals surface area contributed by atoms with Crippen LogP contribution in [-0.4, -0.2) is 98.3 Å². The SMILES string of the molecule is CCCCC/C=C\C/C=C\CCCCCCCCCCCC(=O)OC[C@H](COP(=O)(O)OC1C(O)C(O)C(O)[C@@H](O)C1O)OC(=O)CCCCCCCCCCCCCCCCCCCC. The van der Waals surface area contributed by atoms with Gasteiger partial charge in [0, 0.05) is 12.8 Å². The molecule has 0 aromatic rings.